The highest BCUT2D eigenvalue weighted by Gasteiger charge is 2.10. The smallest absolute Gasteiger partial charge is 0.238 e. The van der Waals surface area contributed by atoms with Crippen molar-refractivity contribution >= 4 is 27.5 Å². The molecule has 1 unspecified atom stereocenters. The van der Waals surface area contributed by atoms with Gasteiger partial charge in [-0.3, -0.25) is 9.69 Å². The van der Waals surface area contributed by atoms with Crippen LogP contribution in [0.2, 0.25) is 0 Å². The van der Waals surface area contributed by atoms with E-state index >= 15 is 0 Å². The summed E-state index contributed by atoms with van der Waals surface area (Å²) in [5.41, 5.74) is 0.754. The predicted molar refractivity (Wildman–Crippen MR) is 75.0 cm³/mol. The van der Waals surface area contributed by atoms with E-state index in [9.17, 15) is 4.79 Å². The largest absolute Gasteiger partial charge is 0.324 e. The summed E-state index contributed by atoms with van der Waals surface area (Å²) in [7, 11) is 1.83. The maximum atomic E-state index is 11.8. The molecule has 1 aromatic rings. The lowest BCUT2D eigenvalue weighted by Crippen LogP contribution is -2.33. The zero-order chi connectivity index (χ0) is 13.5. The summed E-state index contributed by atoms with van der Waals surface area (Å²) in [5.74, 6) is -0.166. The van der Waals surface area contributed by atoms with Gasteiger partial charge >= 0.3 is 0 Å². The molecule has 0 radical (unpaired) electrons. The van der Waals surface area contributed by atoms with Crippen LogP contribution in [-0.4, -0.2) is 30.9 Å². The first-order valence-electron chi connectivity index (χ1n) is 5.65. The van der Waals surface area contributed by atoms with Gasteiger partial charge in [0.25, 0.3) is 0 Å². The van der Waals surface area contributed by atoms with Gasteiger partial charge in [-0.1, -0.05) is 12.1 Å². The predicted octanol–water partition coefficient (Wildman–Crippen LogP) is 2.48. The number of carbonyl (C=O) groups excluding carboxylic acids is 1. The van der Waals surface area contributed by atoms with E-state index in [4.69, 9.17) is 5.26 Å². The van der Waals surface area contributed by atoms with Crippen molar-refractivity contribution in [3.05, 3.63) is 28.7 Å². The summed E-state index contributed by atoms with van der Waals surface area (Å²) >= 11 is 3.37. The molecule has 1 amide bonds. The number of amides is 1. The third-order valence-corrected chi connectivity index (χ3v) is 3.06. The monoisotopic (exact) mass is 309 g/mol. The Bertz CT molecular complexity index is 456. The minimum absolute atomic E-state index is 0.0775. The summed E-state index contributed by atoms with van der Waals surface area (Å²) in [6.45, 7) is 2.69. The van der Waals surface area contributed by atoms with Gasteiger partial charge in [-0.15, -0.1) is 0 Å². The van der Waals surface area contributed by atoms with E-state index < -0.39 is 0 Å². The number of halogens is 1. The summed E-state index contributed by atoms with van der Waals surface area (Å²) in [6, 6.07) is 9.60. The van der Waals surface area contributed by atoms with E-state index in [2.05, 4.69) is 27.3 Å². The van der Waals surface area contributed by atoms with E-state index in [0.717, 1.165) is 10.2 Å². The van der Waals surface area contributed by atoms with Crippen LogP contribution in [0.4, 0.5) is 5.69 Å². The fourth-order valence-corrected chi connectivity index (χ4v) is 1.95. The van der Waals surface area contributed by atoms with Crippen molar-refractivity contribution in [2.75, 3.05) is 25.5 Å². The van der Waals surface area contributed by atoms with Crippen molar-refractivity contribution in [2.24, 2.45) is 5.92 Å². The average Bonchev–Trinajstić information content (AvgIpc) is 2.31. The Hall–Kier alpha value is -1.38. The lowest BCUT2D eigenvalue weighted by atomic mass is 10.2. The van der Waals surface area contributed by atoms with Gasteiger partial charge in [0.15, 0.2) is 0 Å². The standard InChI is InChI=1S/C13H16BrN3O/c1-10(7-15)8-17(2)9-13(18)16-12-6-4-3-5-11(12)14/h3-6,10H,8-9H2,1-2H3,(H,16,18). The molecule has 0 fully saturated rings. The van der Waals surface area contributed by atoms with Crippen LogP contribution in [-0.2, 0) is 4.79 Å². The molecule has 0 aliphatic heterocycles. The van der Waals surface area contributed by atoms with Crippen LogP contribution in [0.25, 0.3) is 0 Å². The molecule has 1 aromatic carbocycles. The Kier molecular flexibility index (Phi) is 5.83. The molecule has 0 aliphatic rings. The van der Waals surface area contributed by atoms with E-state index in [0.29, 0.717) is 6.54 Å². The average molecular weight is 310 g/mol. The number of rotatable bonds is 5. The molecule has 1 N–H and O–H groups in total. The summed E-state index contributed by atoms with van der Waals surface area (Å²) in [5, 5.41) is 11.5. The zero-order valence-corrected chi connectivity index (χ0v) is 12.1. The number of para-hydroxylation sites is 1. The molecule has 1 atom stereocenters. The van der Waals surface area contributed by atoms with Crippen LogP contribution in [0.3, 0.4) is 0 Å². The van der Waals surface area contributed by atoms with Crippen molar-refractivity contribution in [1.29, 1.82) is 5.26 Å². The van der Waals surface area contributed by atoms with Gasteiger partial charge in [0.1, 0.15) is 0 Å². The number of nitrogens with zero attached hydrogens (tertiary/aromatic N) is 2. The first kappa shape index (κ1) is 14.7. The van der Waals surface area contributed by atoms with Crippen LogP contribution in [0, 0.1) is 17.2 Å². The van der Waals surface area contributed by atoms with Crippen molar-refractivity contribution in [3.63, 3.8) is 0 Å². The van der Waals surface area contributed by atoms with E-state index in [-0.39, 0.29) is 18.4 Å². The van der Waals surface area contributed by atoms with Crippen LogP contribution < -0.4 is 5.32 Å². The van der Waals surface area contributed by atoms with Gasteiger partial charge in [-0.05, 0) is 42.0 Å². The lowest BCUT2D eigenvalue weighted by molar-refractivity contribution is -0.117. The normalized spacial score (nSPS) is 11.9. The third-order valence-electron chi connectivity index (χ3n) is 2.37. The molecule has 5 heteroatoms. The highest BCUT2D eigenvalue weighted by atomic mass is 79.9. The minimum Gasteiger partial charge on any atom is -0.324 e. The molecule has 18 heavy (non-hydrogen) atoms. The van der Waals surface area contributed by atoms with Gasteiger partial charge in [0.05, 0.1) is 24.2 Å². The van der Waals surface area contributed by atoms with Gasteiger partial charge in [0, 0.05) is 11.0 Å². The lowest BCUT2D eigenvalue weighted by Gasteiger charge is -2.17. The Morgan fingerprint density at radius 3 is 2.83 bits per heavy atom. The van der Waals surface area contributed by atoms with Crippen molar-refractivity contribution in [3.8, 4) is 6.07 Å². The molecule has 4 nitrogen and oxygen atoms in total. The number of benzene rings is 1. The number of hydrogen-bond acceptors (Lipinski definition) is 3. The molecule has 96 valence electrons. The van der Waals surface area contributed by atoms with Crippen molar-refractivity contribution < 1.29 is 4.79 Å². The Morgan fingerprint density at radius 1 is 1.56 bits per heavy atom. The first-order chi connectivity index (χ1) is 8.52. The second kappa shape index (κ2) is 7.14. The van der Waals surface area contributed by atoms with Crippen molar-refractivity contribution in [2.45, 2.75) is 6.92 Å². The van der Waals surface area contributed by atoms with Crippen LogP contribution >= 0.6 is 15.9 Å². The van der Waals surface area contributed by atoms with Crippen LogP contribution in [0.1, 0.15) is 6.92 Å². The summed E-state index contributed by atoms with van der Waals surface area (Å²) in [6.07, 6.45) is 0. The highest BCUT2D eigenvalue weighted by Crippen LogP contribution is 2.20. The van der Waals surface area contributed by atoms with E-state index in [1.165, 1.54) is 0 Å². The maximum absolute atomic E-state index is 11.8. The molecule has 0 saturated heterocycles. The molecule has 0 saturated carbocycles. The zero-order valence-electron chi connectivity index (χ0n) is 10.5. The number of likely N-dealkylation sites (N-methyl/N-ethyl adjacent to an activating group) is 1. The number of nitrogens with one attached hydrogen (secondary N) is 1. The molecular formula is C13H16BrN3O. The minimum atomic E-state index is -0.0884. The molecule has 0 spiro atoms. The summed E-state index contributed by atoms with van der Waals surface area (Å²) in [4.78, 5) is 13.6. The number of hydrogen-bond donors (Lipinski definition) is 1. The van der Waals surface area contributed by atoms with Crippen LogP contribution in [0.5, 0.6) is 0 Å². The number of carbonyl (C=O) groups is 1. The Balaban J connectivity index is 2.48. The topological polar surface area (TPSA) is 56.1 Å². The molecule has 0 aliphatic carbocycles. The second-order valence-electron chi connectivity index (χ2n) is 4.25. The Morgan fingerprint density at radius 2 is 2.22 bits per heavy atom. The number of nitriles is 1. The summed E-state index contributed by atoms with van der Waals surface area (Å²) < 4.78 is 0.853. The van der Waals surface area contributed by atoms with Crippen LogP contribution in [0.15, 0.2) is 28.7 Å². The quantitative estimate of drug-likeness (QED) is 0.909. The van der Waals surface area contributed by atoms with E-state index in [1.54, 1.807) is 0 Å². The third kappa shape index (κ3) is 4.86. The first-order valence-corrected chi connectivity index (χ1v) is 6.44. The second-order valence-corrected chi connectivity index (χ2v) is 5.11. The molecule has 0 aromatic heterocycles. The highest BCUT2D eigenvalue weighted by molar-refractivity contribution is 9.10. The fourth-order valence-electron chi connectivity index (χ4n) is 1.57. The molecular weight excluding hydrogens is 294 g/mol. The molecule has 0 heterocycles. The van der Waals surface area contributed by atoms with Gasteiger partial charge in [-0.25, -0.2) is 0 Å². The van der Waals surface area contributed by atoms with Gasteiger partial charge < -0.3 is 5.32 Å². The van der Waals surface area contributed by atoms with Gasteiger partial charge in [0.2, 0.25) is 5.91 Å². The number of anilines is 1. The van der Waals surface area contributed by atoms with Crippen molar-refractivity contribution in [1.82, 2.24) is 4.90 Å². The maximum Gasteiger partial charge on any atom is 0.238 e. The van der Waals surface area contributed by atoms with E-state index in [1.807, 2.05) is 43.1 Å². The fraction of sp³-hybridized carbons (Fsp3) is 0.385. The SMILES string of the molecule is CC(C#N)CN(C)CC(=O)Nc1ccccc1Br. The molecule has 1 rings (SSSR count). The molecule has 0 bridgehead atoms. The van der Waals surface area contributed by atoms with Gasteiger partial charge in [-0.2, -0.15) is 5.26 Å². The Labute approximate surface area is 116 Å².